The van der Waals surface area contributed by atoms with Gasteiger partial charge in [-0.25, -0.2) is 29.8 Å². The molecular weight excluding hydrogens is 487 g/mol. The summed E-state index contributed by atoms with van der Waals surface area (Å²) >= 11 is 6.27. The van der Waals surface area contributed by atoms with Crippen LogP contribution < -0.4 is 15.6 Å². The normalized spacial score (nSPS) is 13.7. The quantitative estimate of drug-likeness (QED) is 0.284. The van der Waals surface area contributed by atoms with Gasteiger partial charge in [0.2, 0.25) is 5.95 Å². The Morgan fingerprint density at radius 3 is 2.61 bits per heavy atom. The fourth-order valence-electron chi connectivity index (χ4n) is 3.47. The van der Waals surface area contributed by atoms with Gasteiger partial charge in [0, 0.05) is 29.4 Å². The number of anilines is 4. The molecule has 36 heavy (non-hydrogen) atoms. The van der Waals surface area contributed by atoms with E-state index in [2.05, 4.69) is 45.7 Å². The third kappa shape index (κ3) is 5.85. The highest BCUT2D eigenvalue weighted by molar-refractivity contribution is 6.31. The Kier molecular flexibility index (Phi) is 7.15. The van der Waals surface area contributed by atoms with Gasteiger partial charge in [-0.3, -0.25) is 4.98 Å². The van der Waals surface area contributed by atoms with Gasteiger partial charge in [0.1, 0.15) is 12.7 Å². The molecule has 0 unspecified atom stereocenters. The molecule has 1 saturated heterocycles. The smallest absolute Gasteiger partial charge is 0.245 e. The number of aromatic nitrogens is 6. The molecule has 1 aliphatic rings. The number of hydrogen-bond donors (Lipinski definition) is 2. The van der Waals surface area contributed by atoms with E-state index >= 15 is 0 Å². The van der Waals surface area contributed by atoms with Crippen molar-refractivity contribution in [1.29, 1.82) is 0 Å². The van der Waals surface area contributed by atoms with Crippen LogP contribution in [0, 0.1) is 5.82 Å². The summed E-state index contributed by atoms with van der Waals surface area (Å²) in [5, 5.41) is 7.91. The van der Waals surface area contributed by atoms with E-state index in [0.29, 0.717) is 42.8 Å². The summed E-state index contributed by atoms with van der Waals surface area (Å²) in [4.78, 5) is 26.5. The van der Waals surface area contributed by atoms with Crippen molar-refractivity contribution >= 4 is 41.0 Å². The average molecular weight is 507 g/mol. The molecule has 4 heterocycles. The summed E-state index contributed by atoms with van der Waals surface area (Å²) in [7, 11) is 0. The predicted octanol–water partition coefficient (Wildman–Crippen LogP) is 3.54. The van der Waals surface area contributed by atoms with Crippen LogP contribution in [-0.4, -0.2) is 62.4 Å². The maximum Gasteiger partial charge on any atom is 0.245 e. The summed E-state index contributed by atoms with van der Waals surface area (Å²) in [5.41, 5.74) is 5.58. The van der Waals surface area contributed by atoms with Gasteiger partial charge in [0.25, 0.3) is 0 Å². The van der Waals surface area contributed by atoms with Crippen molar-refractivity contribution in [2.24, 2.45) is 5.10 Å². The Morgan fingerprint density at radius 2 is 1.83 bits per heavy atom. The molecule has 0 spiro atoms. The monoisotopic (exact) mass is 506 g/mol. The van der Waals surface area contributed by atoms with Crippen molar-refractivity contribution in [3.8, 4) is 11.4 Å². The average Bonchev–Trinajstić information content (AvgIpc) is 2.91. The van der Waals surface area contributed by atoms with Gasteiger partial charge in [-0.05, 0) is 30.3 Å². The van der Waals surface area contributed by atoms with E-state index in [1.165, 1.54) is 18.9 Å². The molecule has 182 valence electrons. The van der Waals surface area contributed by atoms with Crippen molar-refractivity contribution in [2.75, 3.05) is 41.9 Å². The number of hydrazone groups is 1. The van der Waals surface area contributed by atoms with E-state index in [1.54, 1.807) is 24.4 Å². The number of nitrogens with zero attached hydrogens (tertiary/aromatic N) is 8. The number of ether oxygens (including phenoxy) is 1. The van der Waals surface area contributed by atoms with Crippen LogP contribution in [0.5, 0.6) is 0 Å². The number of nitrogens with one attached hydrogen (secondary N) is 2. The number of halogens is 2. The Balaban J connectivity index is 1.22. The second-order valence-corrected chi connectivity index (χ2v) is 8.06. The van der Waals surface area contributed by atoms with Gasteiger partial charge < -0.3 is 15.0 Å². The summed E-state index contributed by atoms with van der Waals surface area (Å²) in [6, 6.07) is 9.09. The fourth-order valence-corrected chi connectivity index (χ4v) is 3.70. The lowest BCUT2D eigenvalue weighted by Crippen LogP contribution is -2.37. The second kappa shape index (κ2) is 11.0. The predicted molar refractivity (Wildman–Crippen MR) is 134 cm³/mol. The first-order valence-corrected chi connectivity index (χ1v) is 11.3. The van der Waals surface area contributed by atoms with Gasteiger partial charge >= 0.3 is 0 Å². The molecule has 4 aromatic rings. The van der Waals surface area contributed by atoms with E-state index < -0.39 is 5.82 Å². The standard InChI is InChI=1S/C23H20ClFN10O/c24-16-7-15(21-29-13-26-14-30-21)8-19(9-16)32-18-2-1-17(27-10-18)11-31-34-23-28-12-20(25)22(33-23)35-3-5-36-6-4-35/h1-2,7-14,32H,3-6H2,(H,28,33,34)/b31-11+. The van der Waals surface area contributed by atoms with Crippen molar-refractivity contribution in [3.05, 3.63) is 71.9 Å². The Morgan fingerprint density at radius 1 is 1.00 bits per heavy atom. The minimum Gasteiger partial charge on any atom is -0.378 e. The van der Waals surface area contributed by atoms with Gasteiger partial charge in [-0.2, -0.15) is 10.1 Å². The Labute approximate surface area is 210 Å². The van der Waals surface area contributed by atoms with Crippen molar-refractivity contribution in [3.63, 3.8) is 0 Å². The number of benzene rings is 1. The van der Waals surface area contributed by atoms with Crippen LogP contribution in [0.3, 0.4) is 0 Å². The summed E-state index contributed by atoms with van der Waals surface area (Å²) in [6.45, 7) is 2.18. The highest BCUT2D eigenvalue weighted by Crippen LogP contribution is 2.27. The third-order valence-corrected chi connectivity index (χ3v) is 5.34. The zero-order chi connectivity index (χ0) is 24.7. The molecule has 11 nitrogen and oxygen atoms in total. The van der Waals surface area contributed by atoms with Crippen LogP contribution in [0.15, 0.2) is 60.5 Å². The molecule has 0 saturated carbocycles. The van der Waals surface area contributed by atoms with Gasteiger partial charge in [-0.1, -0.05) is 11.6 Å². The highest BCUT2D eigenvalue weighted by Gasteiger charge is 2.17. The number of hydrogen-bond acceptors (Lipinski definition) is 11. The SMILES string of the molecule is Fc1cnc(N/N=C/c2ccc(Nc3cc(Cl)cc(-c4ncncn4)c3)cn2)nc1N1CCOCC1. The van der Waals surface area contributed by atoms with Crippen LogP contribution in [0.25, 0.3) is 11.4 Å². The first kappa shape index (κ1) is 23.5. The van der Waals surface area contributed by atoms with Gasteiger partial charge in [-0.15, -0.1) is 0 Å². The van der Waals surface area contributed by atoms with E-state index in [9.17, 15) is 4.39 Å². The van der Waals surface area contributed by atoms with Crippen LogP contribution in [0.2, 0.25) is 5.02 Å². The molecule has 0 aliphatic carbocycles. The zero-order valence-corrected chi connectivity index (χ0v) is 19.6. The number of morpholine rings is 1. The van der Waals surface area contributed by atoms with Gasteiger partial charge in [0.05, 0.1) is 43.2 Å². The molecule has 1 aliphatic heterocycles. The molecular formula is C23H20ClFN10O. The van der Waals surface area contributed by atoms with Crippen LogP contribution >= 0.6 is 11.6 Å². The summed E-state index contributed by atoms with van der Waals surface area (Å²) in [6.07, 6.45) is 7.16. The maximum atomic E-state index is 14.2. The van der Waals surface area contributed by atoms with Gasteiger partial charge in [0.15, 0.2) is 17.5 Å². The molecule has 1 fully saturated rings. The fraction of sp³-hybridized carbons (Fsp3) is 0.174. The lowest BCUT2D eigenvalue weighted by atomic mass is 10.2. The lowest BCUT2D eigenvalue weighted by Gasteiger charge is -2.27. The third-order valence-electron chi connectivity index (χ3n) is 5.12. The summed E-state index contributed by atoms with van der Waals surface area (Å²) in [5.74, 6) is 0.438. The minimum absolute atomic E-state index is 0.183. The molecule has 13 heteroatoms. The Bertz CT molecular complexity index is 1350. The number of pyridine rings is 1. The van der Waals surface area contributed by atoms with E-state index in [0.717, 1.165) is 23.1 Å². The second-order valence-electron chi connectivity index (χ2n) is 7.62. The maximum absolute atomic E-state index is 14.2. The largest absolute Gasteiger partial charge is 0.378 e. The minimum atomic E-state index is -0.490. The molecule has 0 bridgehead atoms. The van der Waals surface area contributed by atoms with E-state index in [4.69, 9.17) is 16.3 Å². The summed E-state index contributed by atoms with van der Waals surface area (Å²) < 4.78 is 19.5. The molecule has 5 rings (SSSR count). The van der Waals surface area contributed by atoms with E-state index in [-0.39, 0.29) is 11.8 Å². The van der Waals surface area contributed by atoms with Crippen LogP contribution in [0.4, 0.5) is 27.5 Å². The molecule has 3 aromatic heterocycles. The van der Waals surface area contributed by atoms with Crippen LogP contribution in [-0.2, 0) is 4.74 Å². The molecule has 0 radical (unpaired) electrons. The van der Waals surface area contributed by atoms with Crippen LogP contribution in [0.1, 0.15) is 5.69 Å². The highest BCUT2D eigenvalue weighted by atomic mass is 35.5. The van der Waals surface area contributed by atoms with E-state index in [1.807, 2.05) is 17.0 Å². The molecule has 0 amide bonds. The first-order valence-electron chi connectivity index (χ1n) is 10.9. The molecule has 1 aromatic carbocycles. The molecule has 2 N–H and O–H groups in total. The van der Waals surface area contributed by atoms with Crippen molar-refractivity contribution < 1.29 is 9.13 Å². The zero-order valence-electron chi connectivity index (χ0n) is 18.8. The van der Waals surface area contributed by atoms with Crippen molar-refractivity contribution in [1.82, 2.24) is 29.9 Å². The number of rotatable bonds is 7. The molecule has 0 atom stereocenters. The van der Waals surface area contributed by atoms with Crippen molar-refractivity contribution in [2.45, 2.75) is 0 Å². The first-order chi connectivity index (χ1) is 17.6. The lowest BCUT2D eigenvalue weighted by molar-refractivity contribution is 0.122. The topological polar surface area (TPSA) is 126 Å². The Hall–Kier alpha value is -4.29.